The van der Waals surface area contributed by atoms with Crippen molar-refractivity contribution in [3.8, 4) is 28.2 Å². The molecule has 0 aliphatic heterocycles. The number of nitrogens with zero attached hydrogens (tertiary/aromatic N) is 4. The number of carbonyl (C=O) groups excluding carboxylic acids is 1. The van der Waals surface area contributed by atoms with Crippen LogP contribution in [0.2, 0.25) is 0 Å². The number of rotatable bonds is 6. The maximum Gasteiger partial charge on any atom is 0.333 e. The second-order valence-corrected chi connectivity index (χ2v) is 10.0. The molecule has 0 amide bonds. The first-order valence-corrected chi connectivity index (χ1v) is 12.5. The van der Waals surface area contributed by atoms with Crippen LogP contribution in [0.4, 0.5) is 0 Å². The number of hydrogen-bond acceptors (Lipinski definition) is 3. The molecule has 0 saturated heterocycles. The van der Waals surface area contributed by atoms with Crippen LogP contribution in [0.25, 0.3) is 39.1 Å². The number of aryl methyl sites for hydroxylation is 2. The van der Waals surface area contributed by atoms with E-state index in [2.05, 4.69) is 33.9 Å². The molecule has 0 bridgehead atoms. The fraction of sp³-hybridized carbons (Fsp3) is 0.226. The van der Waals surface area contributed by atoms with E-state index < -0.39 is 5.41 Å². The van der Waals surface area contributed by atoms with Gasteiger partial charge in [0.05, 0.1) is 17.1 Å². The molecule has 0 aliphatic rings. The normalized spacial score (nSPS) is 11.7. The number of pyridine rings is 2. The van der Waals surface area contributed by atoms with Crippen molar-refractivity contribution in [1.29, 1.82) is 0 Å². The second kappa shape index (κ2) is 9.28. The second-order valence-electron chi connectivity index (χ2n) is 10.0. The van der Waals surface area contributed by atoms with Gasteiger partial charge in [0.15, 0.2) is 6.20 Å². The molecule has 0 aliphatic carbocycles. The molecule has 0 saturated carbocycles. The smallest absolute Gasteiger partial charge is 0.301 e. The predicted molar refractivity (Wildman–Crippen MR) is 147 cm³/mol. The molecule has 0 radical (unpaired) electrons. The number of aromatic nitrogens is 4. The summed E-state index contributed by atoms with van der Waals surface area (Å²) in [5, 5.41) is 1.15. The Hall–Kier alpha value is -4.32. The van der Waals surface area contributed by atoms with Crippen LogP contribution in [-0.2, 0) is 24.3 Å². The van der Waals surface area contributed by atoms with Crippen LogP contribution >= 0.6 is 0 Å². The third-order valence-corrected chi connectivity index (χ3v) is 7.23. The summed E-state index contributed by atoms with van der Waals surface area (Å²) in [7, 11) is 3.79. The lowest BCUT2D eigenvalue weighted by Crippen LogP contribution is -2.28. The molecule has 0 atom stereocenters. The quantitative estimate of drug-likeness (QED) is 0.309. The van der Waals surface area contributed by atoms with Crippen molar-refractivity contribution in [3.05, 3.63) is 101 Å². The monoisotopic (exact) mass is 491 g/mol. The lowest BCUT2D eigenvalue weighted by atomic mass is 9.79. The van der Waals surface area contributed by atoms with E-state index in [1.807, 2.05) is 82.5 Å². The molecule has 0 unspecified atom stereocenters. The predicted octanol–water partition coefficient (Wildman–Crippen LogP) is 5.14. The van der Waals surface area contributed by atoms with E-state index in [-0.39, 0.29) is 11.5 Å². The van der Waals surface area contributed by atoms with Crippen LogP contribution in [-0.4, -0.2) is 19.9 Å². The number of hydrogen-bond donors (Lipinski definition) is 0. The average Bonchev–Trinajstić information content (AvgIpc) is 3.22. The highest BCUT2D eigenvalue weighted by Crippen LogP contribution is 2.29. The molecule has 0 N–H and O–H groups in total. The van der Waals surface area contributed by atoms with Gasteiger partial charge in [-0.25, -0.2) is 9.36 Å². The fourth-order valence-electron chi connectivity index (χ4n) is 4.94. The van der Waals surface area contributed by atoms with Gasteiger partial charge < -0.3 is 4.57 Å². The van der Waals surface area contributed by atoms with Crippen molar-refractivity contribution in [2.24, 2.45) is 14.1 Å². The Bertz CT molecular complexity index is 1690. The molecule has 186 valence electrons. The Morgan fingerprint density at radius 2 is 1.73 bits per heavy atom. The largest absolute Gasteiger partial charge is 0.333 e. The molecule has 0 fully saturated rings. The standard InChI is InChI=1S/C31H31N4O2/c1-6-29(36)31(2,3)24-11-13-25(14-12-24)35-28(20-34(5)30(35)37)26-18-21(15-16-32-26)23-17-22-9-7-8-10-27(22)33(4)19-23/h7-20H,6H2,1-5H3/q+1. The third kappa shape index (κ3) is 4.29. The van der Waals surface area contributed by atoms with E-state index in [4.69, 9.17) is 0 Å². The number of carbonyl (C=O) groups is 1. The first-order valence-electron chi connectivity index (χ1n) is 12.5. The summed E-state index contributed by atoms with van der Waals surface area (Å²) in [6.07, 6.45) is 6.18. The van der Waals surface area contributed by atoms with Crippen molar-refractivity contribution in [1.82, 2.24) is 14.1 Å². The van der Waals surface area contributed by atoms with Crippen molar-refractivity contribution in [3.63, 3.8) is 0 Å². The van der Waals surface area contributed by atoms with Crippen molar-refractivity contribution >= 4 is 16.7 Å². The minimum Gasteiger partial charge on any atom is -0.301 e. The van der Waals surface area contributed by atoms with E-state index in [9.17, 15) is 9.59 Å². The molecular formula is C31H31N4O2+. The molecule has 2 aromatic carbocycles. The van der Waals surface area contributed by atoms with Gasteiger partial charge in [-0.2, -0.15) is 0 Å². The summed E-state index contributed by atoms with van der Waals surface area (Å²) in [4.78, 5) is 30.3. The fourth-order valence-corrected chi connectivity index (χ4v) is 4.94. The molecule has 6 heteroatoms. The Balaban J connectivity index is 1.59. The summed E-state index contributed by atoms with van der Waals surface area (Å²) in [6, 6.07) is 22.1. The van der Waals surface area contributed by atoms with Crippen molar-refractivity contribution in [2.75, 3.05) is 0 Å². The maximum atomic E-state index is 13.2. The lowest BCUT2D eigenvalue weighted by Gasteiger charge is -2.23. The Morgan fingerprint density at radius 1 is 1.00 bits per heavy atom. The van der Waals surface area contributed by atoms with Crippen LogP contribution in [0, 0.1) is 0 Å². The minimum absolute atomic E-state index is 0.157. The Kier molecular flexibility index (Phi) is 6.12. The first kappa shape index (κ1) is 24.4. The summed E-state index contributed by atoms with van der Waals surface area (Å²) < 4.78 is 5.36. The molecule has 0 spiro atoms. The number of para-hydroxylation sites is 1. The van der Waals surface area contributed by atoms with Crippen molar-refractivity contribution < 1.29 is 9.36 Å². The number of fused-ring (bicyclic) bond motifs is 1. The summed E-state index contributed by atoms with van der Waals surface area (Å²) in [5.41, 5.74) is 5.58. The zero-order valence-electron chi connectivity index (χ0n) is 21.9. The van der Waals surface area contributed by atoms with Gasteiger partial charge in [-0.1, -0.05) is 31.2 Å². The van der Waals surface area contributed by atoms with Crippen LogP contribution in [0.1, 0.15) is 32.8 Å². The molecule has 37 heavy (non-hydrogen) atoms. The van der Waals surface area contributed by atoms with Gasteiger partial charge >= 0.3 is 5.69 Å². The van der Waals surface area contributed by atoms with Crippen LogP contribution in [0.15, 0.2) is 90.1 Å². The van der Waals surface area contributed by atoms with E-state index in [0.717, 1.165) is 33.3 Å². The van der Waals surface area contributed by atoms with Crippen LogP contribution in [0.3, 0.4) is 0 Å². The van der Waals surface area contributed by atoms with Gasteiger partial charge in [-0.15, -0.1) is 0 Å². The van der Waals surface area contributed by atoms with Gasteiger partial charge in [-0.05, 0) is 61.4 Å². The molecule has 3 heterocycles. The summed E-state index contributed by atoms with van der Waals surface area (Å²) >= 11 is 0. The Labute approximate surface area is 216 Å². The molecule has 5 aromatic rings. The van der Waals surface area contributed by atoms with E-state index in [1.54, 1.807) is 22.4 Å². The van der Waals surface area contributed by atoms with E-state index >= 15 is 0 Å². The molecule has 3 aromatic heterocycles. The third-order valence-electron chi connectivity index (χ3n) is 7.23. The van der Waals surface area contributed by atoms with Crippen LogP contribution < -0.4 is 10.3 Å². The number of ketones is 1. The van der Waals surface area contributed by atoms with E-state index in [1.165, 1.54) is 0 Å². The number of benzene rings is 2. The maximum absolute atomic E-state index is 13.2. The molecular weight excluding hydrogens is 460 g/mol. The average molecular weight is 492 g/mol. The highest BCUT2D eigenvalue weighted by atomic mass is 16.1. The molecule has 5 rings (SSSR count). The van der Waals surface area contributed by atoms with E-state index in [0.29, 0.717) is 17.8 Å². The van der Waals surface area contributed by atoms with Gasteiger partial charge in [0, 0.05) is 48.3 Å². The molecule has 6 nitrogen and oxygen atoms in total. The number of imidazole rings is 1. The van der Waals surface area contributed by atoms with Gasteiger partial charge in [0.25, 0.3) is 0 Å². The SMILES string of the molecule is CCC(=O)C(C)(C)c1ccc(-n2c(-c3cc(-c4cc5ccccc5[n+](C)c4)ccn3)cn(C)c2=O)cc1. The van der Waals surface area contributed by atoms with Gasteiger partial charge in [-0.3, -0.25) is 14.3 Å². The summed E-state index contributed by atoms with van der Waals surface area (Å²) in [5.74, 6) is 0.181. The van der Waals surface area contributed by atoms with Gasteiger partial charge in [0.1, 0.15) is 12.8 Å². The zero-order valence-corrected chi connectivity index (χ0v) is 21.9. The highest BCUT2D eigenvalue weighted by Gasteiger charge is 2.28. The zero-order chi connectivity index (χ0) is 26.3. The topological polar surface area (TPSA) is 60.8 Å². The highest BCUT2D eigenvalue weighted by molar-refractivity contribution is 5.89. The lowest BCUT2D eigenvalue weighted by molar-refractivity contribution is -0.644. The van der Waals surface area contributed by atoms with Crippen molar-refractivity contribution in [2.45, 2.75) is 32.6 Å². The first-order chi connectivity index (χ1) is 17.7. The Morgan fingerprint density at radius 3 is 2.46 bits per heavy atom. The number of Topliss-reactive ketones (excluding diaryl/α,β-unsaturated/α-hetero) is 1. The van der Waals surface area contributed by atoms with Gasteiger partial charge in [0.2, 0.25) is 5.52 Å². The van der Waals surface area contributed by atoms with Crippen LogP contribution in [0.5, 0.6) is 0 Å². The summed E-state index contributed by atoms with van der Waals surface area (Å²) in [6.45, 7) is 5.76. The minimum atomic E-state index is -0.580.